The first-order chi connectivity index (χ1) is 5.96. The number of primary sulfonamides is 1. The lowest BCUT2D eigenvalue weighted by Crippen LogP contribution is -2.43. The zero-order valence-corrected chi connectivity index (χ0v) is 8.88. The number of ether oxygens (including phenoxy) is 1. The summed E-state index contributed by atoms with van der Waals surface area (Å²) in [5.74, 6) is 0.373. The van der Waals surface area contributed by atoms with E-state index in [0.717, 1.165) is 12.8 Å². The van der Waals surface area contributed by atoms with Gasteiger partial charge >= 0.3 is 0 Å². The molecule has 0 aromatic carbocycles. The van der Waals surface area contributed by atoms with Gasteiger partial charge in [0.1, 0.15) is 0 Å². The Morgan fingerprint density at radius 3 is 2.23 bits per heavy atom. The number of nitrogens with two attached hydrogens (primary N) is 1. The molecule has 0 bridgehead atoms. The highest BCUT2D eigenvalue weighted by Gasteiger charge is 2.36. The molecule has 0 spiro atoms. The van der Waals surface area contributed by atoms with E-state index in [1.807, 2.05) is 0 Å². The van der Waals surface area contributed by atoms with E-state index in [4.69, 9.17) is 9.88 Å². The summed E-state index contributed by atoms with van der Waals surface area (Å²) in [6.07, 6.45) is 3.04. The molecule has 1 saturated carbocycles. The SMILES string of the molecule is COC(C1CCC1)C(C)S(N)(=O)=O. The van der Waals surface area contributed by atoms with Gasteiger partial charge in [-0.1, -0.05) is 6.42 Å². The van der Waals surface area contributed by atoms with Crippen molar-refractivity contribution in [3.63, 3.8) is 0 Å². The number of hydrogen-bond acceptors (Lipinski definition) is 3. The topological polar surface area (TPSA) is 69.4 Å². The third-order valence-electron chi connectivity index (χ3n) is 2.87. The van der Waals surface area contributed by atoms with Gasteiger partial charge in [-0.2, -0.15) is 0 Å². The average Bonchev–Trinajstić information content (AvgIpc) is 1.93. The maximum Gasteiger partial charge on any atom is 0.214 e. The van der Waals surface area contributed by atoms with Crippen LogP contribution in [0.15, 0.2) is 0 Å². The van der Waals surface area contributed by atoms with Gasteiger partial charge in [0.05, 0.1) is 11.4 Å². The quantitative estimate of drug-likeness (QED) is 0.729. The van der Waals surface area contributed by atoms with Crippen molar-refractivity contribution in [2.75, 3.05) is 7.11 Å². The van der Waals surface area contributed by atoms with E-state index in [0.29, 0.717) is 5.92 Å². The van der Waals surface area contributed by atoms with Crippen molar-refractivity contribution in [1.82, 2.24) is 0 Å². The lowest BCUT2D eigenvalue weighted by atomic mass is 9.80. The summed E-state index contributed by atoms with van der Waals surface area (Å²) in [6, 6.07) is 0. The van der Waals surface area contributed by atoms with E-state index in [9.17, 15) is 8.42 Å². The highest BCUT2D eigenvalue weighted by atomic mass is 32.2. The van der Waals surface area contributed by atoms with Crippen LogP contribution >= 0.6 is 0 Å². The minimum Gasteiger partial charge on any atom is -0.380 e. The second kappa shape index (κ2) is 3.94. The summed E-state index contributed by atoms with van der Waals surface area (Å²) < 4.78 is 27.3. The molecule has 1 aliphatic rings. The molecule has 2 N–H and O–H groups in total. The molecule has 78 valence electrons. The molecule has 0 heterocycles. The van der Waals surface area contributed by atoms with Gasteiger partial charge < -0.3 is 4.74 Å². The van der Waals surface area contributed by atoms with E-state index in [1.54, 1.807) is 14.0 Å². The van der Waals surface area contributed by atoms with Crippen molar-refractivity contribution in [3.05, 3.63) is 0 Å². The fraction of sp³-hybridized carbons (Fsp3) is 1.00. The second-order valence-electron chi connectivity index (χ2n) is 3.69. The summed E-state index contributed by atoms with van der Waals surface area (Å²) in [5.41, 5.74) is 0. The molecule has 1 aliphatic carbocycles. The highest BCUT2D eigenvalue weighted by molar-refractivity contribution is 7.89. The number of rotatable bonds is 4. The largest absolute Gasteiger partial charge is 0.380 e. The van der Waals surface area contributed by atoms with Crippen molar-refractivity contribution in [2.24, 2.45) is 11.1 Å². The van der Waals surface area contributed by atoms with Gasteiger partial charge in [0.25, 0.3) is 0 Å². The number of sulfonamides is 1. The zero-order valence-electron chi connectivity index (χ0n) is 8.06. The van der Waals surface area contributed by atoms with Gasteiger partial charge in [-0.05, 0) is 25.7 Å². The molecule has 0 amide bonds. The maximum atomic E-state index is 11.1. The van der Waals surface area contributed by atoms with Gasteiger partial charge in [0.2, 0.25) is 10.0 Å². The van der Waals surface area contributed by atoms with Gasteiger partial charge in [0.15, 0.2) is 0 Å². The summed E-state index contributed by atoms with van der Waals surface area (Å²) in [4.78, 5) is 0. The Balaban J connectivity index is 2.65. The minimum absolute atomic E-state index is 0.233. The molecule has 0 radical (unpaired) electrons. The molecular weight excluding hydrogens is 190 g/mol. The molecule has 1 fully saturated rings. The van der Waals surface area contributed by atoms with Crippen LogP contribution < -0.4 is 5.14 Å². The van der Waals surface area contributed by atoms with Crippen LogP contribution in [0.3, 0.4) is 0 Å². The van der Waals surface area contributed by atoms with Crippen molar-refractivity contribution < 1.29 is 13.2 Å². The molecule has 13 heavy (non-hydrogen) atoms. The molecule has 0 saturated heterocycles. The fourth-order valence-electron chi connectivity index (χ4n) is 1.72. The van der Waals surface area contributed by atoms with Crippen LogP contribution in [-0.4, -0.2) is 26.9 Å². The van der Waals surface area contributed by atoms with E-state index in [-0.39, 0.29) is 6.10 Å². The van der Waals surface area contributed by atoms with Crippen LogP contribution in [0.1, 0.15) is 26.2 Å². The van der Waals surface area contributed by atoms with Gasteiger partial charge in [-0.3, -0.25) is 0 Å². The standard InChI is InChI=1S/C8H17NO3S/c1-6(13(9,10)11)8(12-2)7-4-3-5-7/h6-8H,3-5H2,1-2H3,(H2,9,10,11). The summed E-state index contributed by atoms with van der Waals surface area (Å²) in [5, 5.41) is 4.47. The van der Waals surface area contributed by atoms with Crippen molar-refractivity contribution in [3.8, 4) is 0 Å². The Kier molecular flexibility index (Phi) is 3.32. The van der Waals surface area contributed by atoms with E-state index < -0.39 is 15.3 Å². The van der Waals surface area contributed by atoms with E-state index >= 15 is 0 Å². The molecule has 1 rings (SSSR count). The van der Waals surface area contributed by atoms with E-state index in [2.05, 4.69) is 0 Å². The van der Waals surface area contributed by atoms with Gasteiger partial charge in [-0.15, -0.1) is 0 Å². The third-order valence-corrected chi connectivity index (χ3v) is 4.17. The minimum atomic E-state index is -3.46. The first-order valence-electron chi connectivity index (χ1n) is 4.51. The normalized spacial score (nSPS) is 23.6. The van der Waals surface area contributed by atoms with Crippen LogP contribution in [0.25, 0.3) is 0 Å². The van der Waals surface area contributed by atoms with Crippen LogP contribution in [0.4, 0.5) is 0 Å². The lowest BCUT2D eigenvalue weighted by Gasteiger charge is -2.35. The van der Waals surface area contributed by atoms with Crippen LogP contribution in [-0.2, 0) is 14.8 Å². The fourth-order valence-corrected chi connectivity index (χ4v) is 2.43. The van der Waals surface area contributed by atoms with Crippen molar-refractivity contribution in [1.29, 1.82) is 0 Å². The summed E-state index contributed by atoms with van der Waals surface area (Å²) >= 11 is 0. The van der Waals surface area contributed by atoms with Crippen LogP contribution in [0.5, 0.6) is 0 Å². The third kappa shape index (κ3) is 2.42. The van der Waals surface area contributed by atoms with Crippen molar-refractivity contribution >= 4 is 10.0 Å². The molecule has 0 aliphatic heterocycles. The Labute approximate surface area is 79.5 Å². The first kappa shape index (κ1) is 10.9. The zero-order chi connectivity index (χ0) is 10.1. The molecule has 0 aromatic rings. The Hall–Kier alpha value is -0.130. The maximum absolute atomic E-state index is 11.1. The first-order valence-corrected chi connectivity index (χ1v) is 6.12. The van der Waals surface area contributed by atoms with Gasteiger partial charge in [-0.25, -0.2) is 13.6 Å². The summed E-state index contributed by atoms with van der Waals surface area (Å²) in [7, 11) is -1.91. The Morgan fingerprint density at radius 2 is 2.00 bits per heavy atom. The van der Waals surface area contributed by atoms with Crippen molar-refractivity contribution in [2.45, 2.75) is 37.5 Å². The Morgan fingerprint density at radius 1 is 1.46 bits per heavy atom. The lowest BCUT2D eigenvalue weighted by molar-refractivity contribution is 0.0193. The number of hydrogen-bond donors (Lipinski definition) is 1. The van der Waals surface area contributed by atoms with Gasteiger partial charge in [0, 0.05) is 7.11 Å². The molecule has 0 aromatic heterocycles. The molecule has 5 heteroatoms. The number of methoxy groups -OCH3 is 1. The molecule has 2 unspecified atom stereocenters. The molecule has 2 atom stereocenters. The summed E-state index contributed by atoms with van der Waals surface area (Å²) in [6.45, 7) is 1.61. The monoisotopic (exact) mass is 207 g/mol. The molecule has 4 nitrogen and oxygen atoms in total. The average molecular weight is 207 g/mol. The van der Waals surface area contributed by atoms with Crippen LogP contribution in [0.2, 0.25) is 0 Å². The van der Waals surface area contributed by atoms with E-state index in [1.165, 1.54) is 6.42 Å². The predicted octanol–water partition coefficient (Wildman–Crippen LogP) is 0.479. The highest BCUT2D eigenvalue weighted by Crippen LogP contribution is 2.33. The Bertz CT molecular complexity index is 259. The molecular formula is C8H17NO3S. The predicted molar refractivity (Wildman–Crippen MR) is 50.7 cm³/mol. The smallest absolute Gasteiger partial charge is 0.214 e. The second-order valence-corrected chi connectivity index (χ2v) is 5.61. The van der Waals surface area contributed by atoms with Crippen LogP contribution in [0, 0.1) is 5.92 Å².